The number of nitrogens with one attached hydrogen (secondary N) is 2. The predicted molar refractivity (Wildman–Crippen MR) is 160 cm³/mol. The Morgan fingerprint density at radius 2 is 1.75 bits per heavy atom. The molecule has 2 amide bonds. The molecule has 2 atom stereocenters. The molecule has 3 aromatic rings. The van der Waals surface area contributed by atoms with Crippen LogP contribution in [0.2, 0.25) is 0 Å². The van der Waals surface area contributed by atoms with Gasteiger partial charge in [0.05, 0.1) is 23.0 Å². The highest BCUT2D eigenvalue weighted by Crippen LogP contribution is 2.29. The zero-order valence-electron chi connectivity index (χ0n) is 23.0. The van der Waals surface area contributed by atoms with Crippen molar-refractivity contribution in [2.75, 3.05) is 42.5 Å². The molecule has 1 saturated heterocycles. The van der Waals surface area contributed by atoms with Crippen LogP contribution in [0.5, 0.6) is 0 Å². The fourth-order valence-electron chi connectivity index (χ4n) is 5.15. The van der Waals surface area contributed by atoms with Crippen molar-refractivity contribution in [3.05, 3.63) is 95.6 Å². The van der Waals surface area contributed by atoms with E-state index in [0.717, 1.165) is 43.7 Å². The minimum absolute atomic E-state index is 0.118. The molecule has 1 heterocycles. The number of hydrogen-bond acceptors (Lipinski definition) is 6. The van der Waals surface area contributed by atoms with Gasteiger partial charge < -0.3 is 16.4 Å². The Kier molecular flexibility index (Phi) is 9.68. The van der Waals surface area contributed by atoms with Crippen molar-refractivity contribution in [2.24, 2.45) is 0 Å². The lowest BCUT2D eigenvalue weighted by Crippen LogP contribution is -2.40. The molecule has 2 unspecified atom stereocenters. The molecule has 206 valence electrons. The third-order valence-electron chi connectivity index (χ3n) is 7.32. The predicted octanol–water partition coefficient (Wildman–Crippen LogP) is 4.89. The van der Waals surface area contributed by atoms with Gasteiger partial charge in [-0.05, 0) is 73.1 Å². The molecule has 8 nitrogen and oxygen atoms in total. The van der Waals surface area contributed by atoms with Crippen LogP contribution in [0.15, 0.2) is 78.9 Å². The van der Waals surface area contributed by atoms with Crippen LogP contribution in [0.1, 0.15) is 43.0 Å². The maximum absolute atomic E-state index is 13.7. The Morgan fingerprint density at radius 1 is 1.05 bits per heavy atom. The highest BCUT2D eigenvalue weighted by Gasteiger charge is 2.35. The standard InChI is InChI=1S/C32H36N6O2/c1-3-37(4-2)27-19-20-38(22-27)31(32(40)35-26-16-11-24(21-33)12-17-26)25-14-9-23(10-15-25)13-18-30(39)36-29-8-6-5-7-28(29)34/h5-18,27,31H,3-4,19-20,22,34H2,1-2H3,(H,35,40)(H,36,39)/b18-13+. The Bertz CT molecular complexity index is 1370. The first kappa shape index (κ1) is 28.6. The number of anilines is 3. The number of benzene rings is 3. The van der Waals surface area contributed by atoms with E-state index in [0.29, 0.717) is 28.7 Å². The van der Waals surface area contributed by atoms with Crippen LogP contribution in [-0.2, 0) is 9.59 Å². The zero-order chi connectivity index (χ0) is 28.5. The summed E-state index contributed by atoms with van der Waals surface area (Å²) in [6.07, 6.45) is 4.20. The summed E-state index contributed by atoms with van der Waals surface area (Å²) >= 11 is 0. The summed E-state index contributed by atoms with van der Waals surface area (Å²) in [6, 6.07) is 23.7. The lowest BCUT2D eigenvalue weighted by molar-refractivity contribution is -0.121. The number of likely N-dealkylation sites (N-methyl/N-ethyl adjacent to an activating group) is 1. The van der Waals surface area contributed by atoms with Gasteiger partial charge in [-0.3, -0.25) is 19.4 Å². The van der Waals surface area contributed by atoms with Crippen LogP contribution in [0.25, 0.3) is 6.08 Å². The molecule has 0 bridgehead atoms. The third-order valence-corrected chi connectivity index (χ3v) is 7.32. The second-order valence-electron chi connectivity index (χ2n) is 9.82. The Hall–Kier alpha value is -4.45. The van der Waals surface area contributed by atoms with Crippen molar-refractivity contribution >= 4 is 35.0 Å². The lowest BCUT2D eigenvalue weighted by atomic mass is 10.0. The number of carbonyl (C=O) groups excluding carboxylic acids is 2. The molecule has 1 aliphatic heterocycles. The third kappa shape index (κ3) is 7.14. The van der Waals surface area contributed by atoms with Crippen molar-refractivity contribution in [3.8, 4) is 6.07 Å². The lowest BCUT2D eigenvalue weighted by Gasteiger charge is -2.30. The number of nitriles is 1. The summed E-state index contributed by atoms with van der Waals surface area (Å²) in [7, 11) is 0. The van der Waals surface area contributed by atoms with Crippen molar-refractivity contribution in [3.63, 3.8) is 0 Å². The molecule has 0 radical (unpaired) electrons. The van der Waals surface area contributed by atoms with Gasteiger partial charge in [0.25, 0.3) is 0 Å². The first-order valence-electron chi connectivity index (χ1n) is 13.6. The maximum atomic E-state index is 13.7. The van der Waals surface area contributed by atoms with E-state index < -0.39 is 6.04 Å². The van der Waals surface area contributed by atoms with E-state index >= 15 is 0 Å². The minimum atomic E-state index is -0.474. The number of nitrogens with two attached hydrogens (primary N) is 1. The summed E-state index contributed by atoms with van der Waals surface area (Å²) < 4.78 is 0. The van der Waals surface area contributed by atoms with Crippen LogP contribution in [0.3, 0.4) is 0 Å². The summed E-state index contributed by atoms with van der Waals surface area (Å²) in [4.78, 5) is 30.7. The average molecular weight is 537 g/mol. The smallest absolute Gasteiger partial charge is 0.248 e. The molecule has 0 saturated carbocycles. The maximum Gasteiger partial charge on any atom is 0.248 e. The highest BCUT2D eigenvalue weighted by atomic mass is 16.2. The molecular formula is C32H36N6O2. The Morgan fingerprint density at radius 3 is 2.40 bits per heavy atom. The van der Waals surface area contributed by atoms with Crippen molar-refractivity contribution in [2.45, 2.75) is 32.4 Å². The first-order valence-corrected chi connectivity index (χ1v) is 13.6. The van der Waals surface area contributed by atoms with Gasteiger partial charge in [0.15, 0.2) is 0 Å². The molecule has 1 aliphatic rings. The number of nitrogen functional groups attached to an aromatic ring is 1. The molecule has 4 N–H and O–H groups in total. The van der Waals surface area contributed by atoms with E-state index in [1.54, 1.807) is 42.5 Å². The molecule has 0 aliphatic carbocycles. The molecule has 0 spiro atoms. The van der Waals surface area contributed by atoms with Crippen molar-refractivity contribution in [1.29, 1.82) is 5.26 Å². The van der Waals surface area contributed by atoms with E-state index in [1.807, 2.05) is 36.4 Å². The van der Waals surface area contributed by atoms with Gasteiger partial charge in [0, 0.05) is 30.9 Å². The van der Waals surface area contributed by atoms with Crippen LogP contribution >= 0.6 is 0 Å². The molecule has 0 aromatic heterocycles. The SMILES string of the molecule is CCN(CC)C1CCN(C(C(=O)Nc2ccc(C#N)cc2)c2ccc(/C=C/C(=O)Nc3ccccc3N)cc2)C1. The average Bonchev–Trinajstić information content (AvgIpc) is 3.44. The van der Waals surface area contributed by atoms with E-state index in [9.17, 15) is 9.59 Å². The number of nitrogens with zero attached hydrogens (tertiary/aromatic N) is 3. The summed E-state index contributed by atoms with van der Waals surface area (Å²) in [6.45, 7) is 7.91. The van der Waals surface area contributed by atoms with Gasteiger partial charge in [0.2, 0.25) is 11.8 Å². The largest absolute Gasteiger partial charge is 0.397 e. The van der Waals surface area contributed by atoms with Crippen LogP contribution in [0.4, 0.5) is 17.1 Å². The molecule has 1 fully saturated rings. The van der Waals surface area contributed by atoms with Gasteiger partial charge in [-0.15, -0.1) is 0 Å². The molecule has 8 heteroatoms. The Balaban J connectivity index is 1.51. The summed E-state index contributed by atoms with van der Waals surface area (Å²) in [5.41, 5.74) is 9.89. The minimum Gasteiger partial charge on any atom is -0.397 e. The van der Waals surface area contributed by atoms with Gasteiger partial charge >= 0.3 is 0 Å². The van der Waals surface area contributed by atoms with Crippen LogP contribution in [0, 0.1) is 11.3 Å². The number of carbonyl (C=O) groups is 2. The number of likely N-dealkylation sites (tertiary alicyclic amines) is 1. The fraction of sp³-hybridized carbons (Fsp3) is 0.281. The number of amides is 2. The quantitative estimate of drug-likeness (QED) is 0.251. The molecule has 40 heavy (non-hydrogen) atoms. The molecule has 4 rings (SSSR count). The molecular weight excluding hydrogens is 500 g/mol. The van der Waals surface area contributed by atoms with E-state index in [2.05, 4.69) is 40.4 Å². The van der Waals surface area contributed by atoms with Crippen LogP contribution < -0.4 is 16.4 Å². The monoisotopic (exact) mass is 536 g/mol. The van der Waals surface area contributed by atoms with Gasteiger partial charge in [-0.2, -0.15) is 5.26 Å². The van der Waals surface area contributed by atoms with Crippen molar-refractivity contribution in [1.82, 2.24) is 9.80 Å². The van der Waals surface area contributed by atoms with Crippen LogP contribution in [-0.4, -0.2) is 53.8 Å². The second-order valence-corrected chi connectivity index (χ2v) is 9.82. The fourth-order valence-corrected chi connectivity index (χ4v) is 5.15. The number of para-hydroxylation sites is 2. The van der Waals surface area contributed by atoms with Gasteiger partial charge in [0.1, 0.15) is 6.04 Å². The normalized spacial score (nSPS) is 16.1. The topological polar surface area (TPSA) is 114 Å². The van der Waals surface area contributed by atoms with Gasteiger partial charge in [-0.25, -0.2) is 0 Å². The Labute approximate surface area is 236 Å². The van der Waals surface area contributed by atoms with E-state index in [-0.39, 0.29) is 11.8 Å². The summed E-state index contributed by atoms with van der Waals surface area (Å²) in [5.74, 6) is -0.394. The number of rotatable bonds is 10. The molecule has 3 aromatic carbocycles. The zero-order valence-corrected chi connectivity index (χ0v) is 23.0. The first-order chi connectivity index (χ1) is 19.4. The van der Waals surface area contributed by atoms with E-state index in [1.165, 1.54) is 6.08 Å². The summed E-state index contributed by atoms with van der Waals surface area (Å²) in [5, 5.41) is 14.9. The van der Waals surface area contributed by atoms with Gasteiger partial charge in [-0.1, -0.05) is 50.2 Å². The number of hydrogen-bond donors (Lipinski definition) is 3. The highest BCUT2D eigenvalue weighted by molar-refractivity contribution is 6.03. The van der Waals surface area contributed by atoms with Crippen molar-refractivity contribution < 1.29 is 9.59 Å². The van der Waals surface area contributed by atoms with E-state index in [4.69, 9.17) is 11.0 Å². The second kappa shape index (κ2) is 13.6.